The van der Waals surface area contributed by atoms with Crippen molar-refractivity contribution in [1.82, 2.24) is 0 Å². The minimum absolute atomic E-state index is 0.0706. The number of nitro groups is 1. The Morgan fingerprint density at radius 1 is 1.46 bits per heavy atom. The highest BCUT2D eigenvalue weighted by Crippen LogP contribution is 2.18. The summed E-state index contributed by atoms with van der Waals surface area (Å²) in [7, 11) is 0. The second-order valence-electron chi connectivity index (χ2n) is 2.48. The van der Waals surface area contributed by atoms with E-state index in [0.717, 1.165) is 12.1 Å². The normalized spacial score (nSPS) is 10.0. The topological polar surface area (TPSA) is 43.1 Å². The minimum Gasteiger partial charge on any atom is -0.258 e. The Morgan fingerprint density at radius 2 is 2.15 bits per heavy atom. The van der Waals surface area contributed by atoms with Crippen LogP contribution in [0.3, 0.4) is 0 Å². The van der Waals surface area contributed by atoms with Crippen LogP contribution in [0.1, 0.15) is 5.56 Å². The van der Waals surface area contributed by atoms with E-state index in [9.17, 15) is 18.9 Å². The Balaban J connectivity index is 3.04. The fourth-order valence-corrected chi connectivity index (χ4v) is 0.963. The van der Waals surface area contributed by atoms with Crippen LogP contribution in [0, 0.1) is 15.9 Å². The van der Waals surface area contributed by atoms with E-state index < -0.39 is 23.1 Å². The zero-order valence-electron chi connectivity index (χ0n) is 6.67. The third-order valence-electron chi connectivity index (χ3n) is 1.59. The van der Waals surface area contributed by atoms with Gasteiger partial charge in [0.2, 0.25) is 5.82 Å². The van der Waals surface area contributed by atoms with Crippen molar-refractivity contribution in [1.29, 1.82) is 0 Å². The van der Waals surface area contributed by atoms with Crippen LogP contribution in [-0.4, -0.2) is 11.6 Å². The zero-order chi connectivity index (χ0) is 9.84. The number of benzene rings is 1. The molecule has 0 heterocycles. The summed E-state index contributed by atoms with van der Waals surface area (Å²) >= 11 is 0. The number of hydrogen-bond acceptors (Lipinski definition) is 2. The SMILES string of the molecule is O=[N+]([O-])c1cc(CCF)ccc1F. The Kier molecular flexibility index (Phi) is 2.89. The smallest absolute Gasteiger partial charge is 0.258 e. The van der Waals surface area contributed by atoms with Gasteiger partial charge in [-0.2, -0.15) is 4.39 Å². The molecule has 1 aromatic rings. The zero-order valence-corrected chi connectivity index (χ0v) is 6.67. The lowest BCUT2D eigenvalue weighted by Gasteiger charge is -1.97. The summed E-state index contributed by atoms with van der Waals surface area (Å²) < 4.78 is 24.6. The van der Waals surface area contributed by atoms with Crippen LogP contribution in [0.4, 0.5) is 14.5 Å². The van der Waals surface area contributed by atoms with E-state index in [1.54, 1.807) is 0 Å². The molecule has 0 spiro atoms. The van der Waals surface area contributed by atoms with Gasteiger partial charge in [0.1, 0.15) is 0 Å². The molecule has 5 heteroatoms. The van der Waals surface area contributed by atoms with E-state index in [4.69, 9.17) is 0 Å². The summed E-state index contributed by atoms with van der Waals surface area (Å²) in [6, 6.07) is 3.36. The third kappa shape index (κ3) is 2.21. The molecule has 0 unspecified atom stereocenters. The lowest BCUT2D eigenvalue weighted by atomic mass is 10.1. The van der Waals surface area contributed by atoms with Crippen molar-refractivity contribution in [2.75, 3.05) is 6.67 Å². The van der Waals surface area contributed by atoms with Crippen molar-refractivity contribution in [3.8, 4) is 0 Å². The Bertz CT molecular complexity index is 328. The van der Waals surface area contributed by atoms with Crippen molar-refractivity contribution in [2.45, 2.75) is 6.42 Å². The van der Waals surface area contributed by atoms with Crippen LogP contribution >= 0.6 is 0 Å². The lowest BCUT2D eigenvalue weighted by Crippen LogP contribution is -1.95. The summed E-state index contributed by atoms with van der Waals surface area (Å²) in [6.07, 6.45) is 0.0706. The highest BCUT2D eigenvalue weighted by atomic mass is 19.1. The summed E-state index contributed by atoms with van der Waals surface area (Å²) in [5.74, 6) is -0.896. The molecule has 0 aliphatic rings. The molecule has 0 fully saturated rings. The number of rotatable bonds is 3. The summed E-state index contributed by atoms with van der Waals surface area (Å²) in [6.45, 7) is -0.608. The van der Waals surface area contributed by atoms with E-state index in [2.05, 4.69) is 0 Å². The highest BCUT2D eigenvalue weighted by molar-refractivity contribution is 5.36. The van der Waals surface area contributed by atoms with E-state index in [0.29, 0.717) is 5.56 Å². The van der Waals surface area contributed by atoms with Gasteiger partial charge in [-0.25, -0.2) is 0 Å². The van der Waals surface area contributed by atoms with Crippen LogP contribution < -0.4 is 0 Å². The fraction of sp³-hybridized carbons (Fsp3) is 0.250. The maximum absolute atomic E-state index is 12.7. The monoisotopic (exact) mass is 187 g/mol. The van der Waals surface area contributed by atoms with Crippen LogP contribution in [0.15, 0.2) is 18.2 Å². The maximum Gasteiger partial charge on any atom is 0.305 e. The number of hydrogen-bond donors (Lipinski definition) is 0. The predicted molar refractivity (Wildman–Crippen MR) is 42.7 cm³/mol. The van der Waals surface area contributed by atoms with Gasteiger partial charge in [-0.05, 0) is 11.6 Å². The van der Waals surface area contributed by atoms with Crippen LogP contribution in [0.2, 0.25) is 0 Å². The molecule has 0 saturated heterocycles. The van der Waals surface area contributed by atoms with Gasteiger partial charge in [-0.3, -0.25) is 14.5 Å². The van der Waals surface area contributed by atoms with E-state index in [1.165, 1.54) is 6.07 Å². The van der Waals surface area contributed by atoms with Gasteiger partial charge in [-0.15, -0.1) is 0 Å². The van der Waals surface area contributed by atoms with Gasteiger partial charge in [0.15, 0.2) is 0 Å². The molecular formula is C8H7F2NO2. The van der Waals surface area contributed by atoms with Crippen molar-refractivity contribution < 1.29 is 13.7 Å². The molecule has 0 aromatic heterocycles. The predicted octanol–water partition coefficient (Wildman–Crippen LogP) is 2.25. The van der Waals surface area contributed by atoms with E-state index >= 15 is 0 Å². The number of nitrogens with zero attached hydrogens (tertiary/aromatic N) is 1. The summed E-state index contributed by atoms with van der Waals surface area (Å²) in [5.41, 5.74) is -0.179. The van der Waals surface area contributed by atoms with Gasteiger partial charge in [0.05, 0.1) is 11.6 Å². The molecule has 0 saturated carbocycles. The molecule has 1 aromatic carbocycles. The Labute approximate surface area is 73.1 Å². The Morgan fingerprint density at radius 3 is 2.69 bits per heavy atom. The molecule has 0 radical (unpaired) electrons. The van der Waals surface area contributed by atoms with Gasteiger partial charge in [0.25, 0.3) is 0 Å². The van der Waals surface area contributed by atoms with Crippen molar-refractivity contribution in [3.63, 3.8) is 0 Å². The van der Waals surface area contributed by atoms with Crippen molar-refractivity contribution >= 4 is 5.69 Å². The van der Waals surface area contributed by atoms with Crippen LogP contribution in [0.5, 0.6) is 0 Å². The molecule has 0 atom stereocenters. The molecule has 0 bridgehead atoms. The number of halogens is 2. The quantitative estimate of drug-likeness (QED) is 0.538. The molecule has 3 nitrogen and oxygen atoms in total. The first-order chi connectivity index (χ1) is 6.15. The standard InChI is InChI=1S/C8H7F2NO2/c9-4-3-6-1-2-7(10)8(5-6)11(12)13/h1-2,5H,3-4H2. The van der Waals surface area contributed by atoms with Crippen LogP contribution in [0.25, 0.3) is 0 Å². The third-order valence-corrected chi connectivity index (χ3v) is 1.59. The average Bonchev–Trinajstić information content (AvgIpc) is 2.08. The van der Waals surface area contributed by atoms with E-state index in [-0.39, 0.29) is 6.42 Å². The molecule has 0 amide bonds. The molecule has 0 aliphatic heterocycles. The van der Waals surface area contributed by atoms with Crippen LogP contribution in [-0.2, 0) is 6.42 Å². The van der Waals surface area contributed by atoms with Gasteiger partial charge in [0, 0.05) is 12.5 Å². The maximum atomic E-state index is 12.7. The largest absolute Gasteiger partial charge is 0.305 e. The fourth-order valence-electron chi connectivity index (χ4n) is 0.963. The minimum atomic E-state index is -0.896. The molecule has 70 valence electrons. The number of alkyl halides is 1. The number of aryl methyl sites for hydroxylation is 1. The molecular weight excluding hydrogens is 180 g/mol. The second kappa shape index (κ2) is 3.93. The van der Waals surface area contributed by atoms with Gasteiger partial charge in [-0.1, -0.05) is 6.07 Å². The Hall–Kier alpha value is -1.52. The van der Waals surface area contributed by atoms with Gasteiger partial charge >= 0.3 is 5.69 Å². The molecule has 1 rings (SSSR count). The second-order valence-corrected chi connectivity index (χ2v) is 2.48. The first-order valence-electron chi connectivity index (χ1n) is 3.64. The average molecular weight is 187 g/mol. The van der Waals surface area contributed by atoms with E-state index in [1.807, 2.05) is 0 Å². The molecule has 13 heavy (non-hydrogen) atoms. The summed E-state index contributed by atoms with van der Waals surface area (Å²) in [4.78, 5) is 9.43. The van der Waals surface area contributed by atoms with Gasteiger partial charge < -0.3 is 0 Å². The first-order valence-corrected chi connectivity index (χ1v) is 3.64. The highest BCUT2D eigenvalue weighted by Gasteiger charge is 2.13. The molecule has 0 N–H and O–H groups in total. The number of nitro benzene ring substituents is 1. The van der Waals surface area contributed by atoms with Crippen molar-refractivity contribution in [2.24, 2.45) is 0 Å². The lowest BCUT2D eigenvalue weighted by molar-refractivity contribution is -0.387. The molecule has 0 aliphatic carbocycles. The summed E-state index contributed by atoms with van der Waals surface area (Å²) in [5, 5.41) is 10.3. The first kappa shape index (κ1) is 9.57. The van der Waals surface area contributed by atoms with Crippen molar-refractivity contribution in [3.05, 3.63) is 39.7 Å².